The smallest absolute Gasteiger partial charge is 0.458 e. The van der Waals surface area contributed by atoms with Gasteiger partial charge < -0.3 is 10.1 Å². The monoisotopic (exact) mass is 295 g/mol. The van der Waals surface area contributed by atoms with Crippen LogP contribution in [0.5, 0.6) is 0 Å². The fraction of sp³-hybridized carbons (Fsp3) is 0.692. The molecule has 0 aliphatic carbocycles. The van der Waals surface area contributed by atoms with Crippen molar-refractivity contribution in [3.8, 4) is 0 Å². The number of rotatable bonds is 4. The van der Waals surface area contributed by atoms with E-state index in [1.54, 1.807) is 39.1 Å². The van der Waals surface area contributed by atoms with Gasteiger partial charge in [0.25, 0.3) is 0 Å². The summed E-state index contributed by atoms with van der Waals surface area (Å²) in [7, 11) is 0. The van der Waals surface area contributed by atoms with Gasteiger partial charge >= 0.3 is 18.1 Å². The minimum atomic E-state index is -5.05. The van der Waals surface area contributed by atoms with Crippen LogP contribution in [0.15, 0.2) is 12.2 Å². The molecule has 2 atom stereocenters. The molecule has 0 saturated heterocycles. The molecule has 0 aromatic heterocycles. The molecule has 0 unspecified atom stereocenters. The van der Waals surface area contributed by atoms with Crippen LogP contribution in [-0.2, 0) is 14.3 Å². The summed E-state index contributed by atoms with van der Waals surface area (Å²) in [4.78, 5) is 22.9. The third-order valence-corrected chi connectivity index (χ3v) is 2.23. The number of ether oxygens (including phenoxy) is 1. The molecule has 0 spiro atoms. The summed E-state index contributed by atoms with van der Waals surface area (Å²) in [5.41, 5.74) is -0.853. The van der Waals surface area contributed by atoms with Crippen molar-refractivity contribution in [1.82, 2.24) is 5.32 Å². The quantitative estimate of drug-likeness (QED) is 0.640. The summed E-state index contributed by atoms with van der Waals surface area (Å²) in [6.45, 7) is 7.95. The molecule has 0 aromatic rings. The summed E-state index contributed by atoms with van der Waals surface area (Å²) < 4.78 is 41.9. The third-order valence-electron chi connectivity index (χ3n) is 2.23. The largest absolute Gasteiger partial charge is 0.471 e. The first-order chi connectivity index (χ1) is 8.88. The highest BCUT2D eigenvalue weighted by atomic mass is 19.4. The molecule has 0 bridgehead atoms. The lowest BCUT2D eigenvalue weighted by Gasteiger charge is -2.27. The van der Waals surface area contributed by atoms with Crippen molar-refractivity contribution < 1.29 is 27.5 Å². The van der Waals surface area contributed by atoms with Gasteiger partial charge in [-0.1, -0.05) is 19.1 Å². The third kappa shape index (κ3) is 6.58. The average molecular weight is 295 g/mol. The van der Waals surface area contributed by atoms with Gasteiger partial charge in [0.1, 0.15) is 11.6 Å². The Labute approximate surface area is 116 Å². The zero-order valence-corrected chi connectivity index (χ0v) is 12.2. The molecule has 0 fully saturated rings. The fourth-order valence-corrected chi connectivity index (χ4v) is 1.41. The van der Waals surface area contributed by atoms with E-state index in [-0.39, 0.29) is 0 Å². The number of carbonyl (C=O) groups is 2. The topological polar surface area (TPSA) is 55.4 Å². The number of esters is 1. The molecule has 0 aliphatic heterocycles. The Kier molecular flexibility index (Phi) is 6.25. The van der Waals surface area contributed by atoms with Crippen molar-refractivity contribution in [2.75, 3.05) is 0 Å². The Bertz CT molecular complexity index is 383. The Morgan fingerprint density at radius 3 is 2.05 bits per heavy atom. The van der Waals surface area contributed by atoms with Crippen LogP contribution in [0.1, 0.15) is 34.6 Å². The maximum atomic E-state index is 12.3. The van der Waals surface area contributed by atoms with E-state index in [1.165, 1.54) is 13.0 Å². The number of alkyl halides is 3. The van der Waals surface area contributed by atoms with E-state index in [4.69, 9.17) is 4.74 Å². The van der Waals surface area contributed by atoms with Gasteiger partial charge in [0, 0.05) is 5.92 Å². The summed E-state index contributed by atoms with van der Waals surface area (Å²) in [5.74, 6) is -3.69. The van der Waals surface area contributed by atoms with Crippen LogP contribution >= 0.6 is 0 Å². The number of nitrogens with one attached hydrogen (secondary N) is 1. The van der Waals surface area contributed by atoms with Gasteiger partial charge in [0.2, 0.25) is 0 Å². The minimum absolute atomic E-state index is 0.624. The molecular formula is C13H20F3NO3. The maximum Gasteiger partial charge on any atom is 0.471 e. The molecule has 0 heterocycles. The van der Waals surface area contributed by atoms with Crippen LogP contribution < -0.4 is 5.32 Å². The van der Waals surface area contributed by atoms with Crippen LogP contribution in [0.2, 0.25) is 0 Å². The van der Waals surface area contributed by atoms with Gasteiger partial charge in [-0.25, -0.2) is 4.79 Å². The zero-order valence-electron chi connectivity index (χ0n) is 12.2. The maximum absolute atomic E-state index is 12.3. The normalized spacial score (nSPS) is 15.8. The van der Waals surface area contributed by atoms with E-state index in [9.17, 15) is 22.8 Å². The first-order valence-electron chi connectivity index (χ1n) is 6.12. The molecule has 0 rings (SSSR count). The van der Waals surface area contributed by atoms with Crippen LogP contribution in [0.25, 0.3) is 0 Å². The highest BCUT2D eigenvalue weighted by Crippen LogP contribution is 2.18. The van der Waals surface area contributed by atoms with Crippen molar-refractivity contribution in [3.63, 3.8) is 0 Å². The second kappa shape index (κ2) is 6.76. The average Bonchev–Trinajstić information content (AvgIpc) is 2.21. The predicted octanol–water partition coefficient (Wildman–Crippen LogP) is 2.59. The van der Waals surface area contributed by atoms with Crippen molar-refractivity contribution >= 4 is 11.9 Å². The van der Waals surface area contributed by atoms with Crippen molar-refractivity contribution in [2.45, 2.75) is 52.4 Å². The van der Waals surface area contributed by atoms with Crippen LogP contribution in [-0.4, -0.2) is 29.7 Å². The van der Waals surface area contributed by atoms with E-state index < -0.39 is 35.6 Å². The lowest BCUT2D eigenvalue weighted by molar-refractivity contribution is -0.177. The molecule has 0 aromatic carbocycles. The molecule has 116 valence electrons. The molecule has 7 heteroatoms. The standard InChI is InChI=1S/C13H20F3NO3/c1-6-7-8(2)9(10(18)20-12(3,4)5)17-11(19)13(14,15)16/h6-9H,1-5H3,(H,17,19)/b7-6+/t8-,9-/m1/s1. The fourth-order valence-electron chi connectivity index (χ4n) is 1.41. The van der Waals surface area contributed by atoms with Gasteiger partial charge in [-0.15, -0.1) is 0 Å². The van der Waals surface area contributed by atoms with Gasteiger partial charge in [0.15, 0.2) is 0 Å². The van der Waals surface area contributed by atoms with Gasteiger partial charge in [0.05, 0.1) is 0 Å². The number of carbonyl (C=O) groups excluding carboxylic acids is 2. The van der Waals surface area contributed by atoms with Crippen LogP contribution in [0.4, 0.5) is 13.2 Å². The Morgan fingerprint density at radius 2 is 1.70 bits per heavy atom. The summed E-state index contributed by atoms with van der Waals surface area (Å²) in [5, 5.41) is 1.67. The molecule has 1 N–H and O–H groups in total. The molecule has 0 saturated carbocycles. The lowest BCUT2D eigenvalue weighted by Crippen LogP contribution is -2.51. The first kappa shape index (κ1) is 18.5. The molecule has 1 amide bonds. The number of allylic oxidation sites excluding steroid dienone is 1. The number of hydrogen-bond donors (Lipinski definition) is 1. The summed E-state index contributed by atoms with van der Waals surface area (Å²) in [6.07, 6.45) is -1.94. The summed E-state index contributed by atoms with van der Waals surface area (Å²) in [6, 6.07) is -1.39. The van der Waals surface area contributed by atoms with E-state index in [1.807, 2.05) is 0 Å². The molecular weight excluding hydrogens is 275 g/mol. The number of amides is 1. The van der Waals surface area contributed by atoms with E-state index in [0.29, 0.717) is 0 Å². The second-order valence-electron chi connectivity index (χ2n) is 5.37. The molecule has 4 nitrogen and oxygen atoms in total. The van der Waals surface area contributed by atoms with E-state index in [2.05, 4.69) is 0 Å². The SMILES string of the molecule is C/C=C/[C@@H](C)[C@@H](NC(=O)C(F)(F)F)C(=O)OC(C)(C)C. The molecule has 0 aliphatic rings. The Hall–Kier alpha value is -1.53. The van der Waals surface area contributed by atoms with E-state index >= 15 is 0 Å². The van der Waals surface area contributed by atoms with Gasteiger partial charge in [-0.3, -0.25) is 4.79 Å². The van der Waals surface area contributed by atoms with Crippen molar-refractivity contribution in [2.24, 2.45) is 5.92 Å². The molecule has 20 heavy (non-hydrogen) atoms. The number of hydrogen-bond acceptors (Lipinski definition) is 3. The first-order valence-corrected chi connectivity index (χ1v) is 6.12. The Morgan fingerprint density at radius 1 is 1.20 bits per heavy atom. The molecule has 0 radical (unpaired) electrons. The van der Waals surface area contributed by atoms with E-state index in [0.717, 1.165) is 0 Å². The highest BCUT2D eigenvalue weighted by molar-refractivity contribution is 5.88. The van der Waals surface area contributed by atoms with Crippen LogP contribution in [0.3, 0.4) is 0 Å². The highest BCUT2D eigenvalue weighted by Gasteiger charge is 2.42. The van der Waals surface area contributed by atoms with Crippen molar-refractivity contribution in [1.29, 1.82) is 0 Å². The zero-order chi connectivity index (χ0) is 16.1. The minimum Gasteiger partial charge on any atom is -0.458 e. The second-order valence-corrected chi connectivity index (χ2v) is 5.37. The van der Waals surface area contributed by atoms with Crippen LogP contribution in [0, 0.1) is 5.92 Å². The lowest BCUT2D eigenvalue weighted by atomic mass is 10.0. The van der Waals surface area contributed by atoms with Gasteiger partial charge in [-0.2, -0.15) is 13.2 Å². The number of halogens is 3. The van der Waals surface area contributed by atoms with Gasteiger partial charge in [-0.05, 0) is 27.7 Å². The van der Waals surface area contributed by atoms with Crippen molar-refractivity contribution in [3.05, 3.63) is 12.2 Å². The predicted molar refractivity (Wildman–Crippen MR) is 67.8 cm³/mol. The summed E-state index contributed by atoms with van der Waals surface area (Å²) >= 11 is 0. The Balaban J connectivity index is 5.10.